The molecule has 0 aromatic heterocycles. The Bertz CT molecular complexity index is 126. The van der Waals surface area contributed by atoms with Crippen molar-refractivity contribution in [1.29, 1.82) is 0 Å². The van der Waals surface area contributed by atoms with Crippen LogP contribution >= 0.6 is 0 Å². The molecule has 1 aliphatic heterocycles. The van der Waals surface area contributed by atoms with Gasteiger partial charge in [0, 0.05) is 6.42 Å². The van der Waals surface area contributed by atoms with Gasteiger partial charge in [0.05, 0.1) is 25.4 Å². The third kappa shape index (κ3) is 1.94. The molecule has 4 N–H and O–H groups in total. The van der Waals surface area contributed by atoms with Crippen molar-refractivity contribution in [2.75, 3.05) is 13.2 Å². The number of hydrogen-bond donors (Lipinski definition) is 4. The van der Waals surface area contributed by atoms with E-state index in [9.17, 15) is 10.2 Å². The predicted molar refractivity (Wildman–Crippen MR) is 39.5 cm³/mol. The van der Waals surface area contributed by atoms with E-state index in [0.717, 1.165) is 0 Å². The Morgan fingerprint density at radius 1 is 1.00 bits per heavy atom. The second-order valence-electron chi connectivity index (χ2n) is 2.95. The summed E-state index contributed by atoms with van der Waals surface area (Å²) >= 11 is 0. The summed E-state index contributed by atoms with van der Waals surface area (Å²) in [6.45, 7) is -0.602. The van der Waals surface area contributed by atoms with Crippen molar-refractivity contribution in [3.8, 4) is 0 Å². The van der Waals surface area contributed by atoms with E-state index in [1.54, 1.807) is 0 Å². The molecule has 4 atom stereocenters. The lowest BCUT2D eigenvalue weighted by Crippen LogP contribution is -2.50. The van der Waals surface area contributed by atoms with Crippen molar-refractivity contribution in [2.24, 2.45) is 0 Å². The zero-order chi connectivity index (χ0) is 9.14. The fourth-order valence-electron chi connectivity index (χ4n) is 1.29. The molecule has 5 nitrogen and oxygen atoms in total. The van der Waals surface area contributed by atoms with Crippen molar-refractivity contribution in [3.63, 3.8) is 0 Å². The summed E-state index contributed by atoms with van der Waals surface area (Å²) < 4.78 is 5.01. The molecular formula is C7H14O5. The highest BCUT2D eigenvalue weighted by Crippen LogP contribution is 2.19. The molecule has 1 fully saturated rings. The van der Waals surface area contributed by atoms with Crippen LogP contribution in [0.5, 0.6) is 0 Å². The van der Waals surface area contributed by atoms with Crippen LogP contribution in [0.2, 0.25) is 0 Å². The van der Waals surface area contributed by atoms with Crippen molar-refractivity contribution in [1.82, 2.24) is 0 Å². The molecule has 0 amide bonds. The van der Waals surface area contributed by atoms with E-state index in [-0.39, 0.29) is 19.6 Å². The highest BCUT2D eigenvalue weighted by atomic mass is 16.5. The van der Waals surface area contributed by atoms with E-state index < -0.39 is 24.4 Å². The van der Waals surface area contributed by atoms with Gasteiger partial charge in [-0.1, -0.05) is 0 Å². The fraction of sp³-hybridized carbons (Fsp3) is 1.00. The van der Waals surface area contributed by atoms with E-state index in [0.29, 0.717) is 0 Å². The molecule has 0 radical (unpaired) electrons. The third-order valence-corrected chi connectivity index (χ3v) is 2.05. The molecule has 1 saturated heterocycles. The molecule has 1 heterocycles. The van der Waals surface area contributed by atoms with Crippen LogP contribution in [0.1, 0.15) is 6.42 Å². The van der Waals surface area contributed by atoms with Gasteiger partial charge in [0.25, 0.3) is 0 Å². The minimum atomic E-state index is -0.854. The molecule has 12 heavy (non-hydrogen) atoms. The number of aliphatic hydroxyl groups is 4. The van der Waals surface area contributed by atoms with Crippen molar-refractivity contribution in [2.45, 2.75) is 30.8 Å². The minimum Gasteiger partial charge on any atom is -0.394 e. The second-order valence-corrected chi connectivity index (χ2v) is 2.95. The van der Waals surface area contributed by atoms with Gasteiger partial charge in [0.2, 0.25) is 0 Å². The van der Waals surface area contributed by atoms with Gasteiger partial charge in [-0.3, -0.25) is 0 Å². The van der Waals surface area contributed by atoms with Crippen molar-refractivity contribution >= 4 is 0 Å². The van der Waals surface area contributed by atoms with Crippen LogP contribution in [0.4, 0.5) is 0 Å². The lowest BCUT2D eigenvalue weighted by molar-refractivity contribution is -0.188. The van der Waals surface area contributed by atoms with E-state index in [1.165, 1.54) is 0 Å². The van der Waals surface area contributed by atoms with E-state index in [4.69, 9.17) is 14.9 Å². The summed E-state index contributed by atoms with van der Waals surface area (Å²) in [5, 5.41) is 35.9. The summed E-state index contributed by atoms with van der Waals surface area (Å²) in [6.07, 6.45) is -2.95. The largest absolute Gasteiger partial charge is 0.394 e. The maximum absolute atomic E-state index is 9.23. The zero-order valence-corrected chi connectivity index (χ0v) is 6.63. The first-order valence-electron chi connectivity index (χ1n) is 3.92. The maximum Gasteiger partial charge on any atom is 0.107 e. The van der Waals surface area contributed by atoms with E-state index >= 15 is 0 Å². The zero-order valence-electron chi connectivity index (χ0n) is 6.63. The molecule has 0 bridgehead atoms. The van der Waals surface area contributed by atoms with Crippen LogP contribution in [-0.2, 0) is 4.74 Å². The SMILES string of the molecule is OC[C@@H]1O[C@H](CO)[C@H](O)CC1O. The van der Waals surface area contributed by atoms with Gasteiger partial charge in [-0.2, -0.15) is 0 Å². The van der Waals surface area contributed by atoms with Crippen molar-refractivity contribution < 1.29 is 25.2 Å². The number of rotatable bonds is 2. The predicted octanol–water partition coefficient (Wildman–Crippen LogP) is -2.15. The Balaban J connectivity index is 2.50. The quantitative estimate of drug-likeness (QED) is 0.387. The molecule has 0 aliphatic carbocycles. The summed E-state index contributed by atoms with van der Waals surface area (Å²) in [5.41, 5.74) is 0. The first-order valence-corrected chi connectivity index (χ1v) is 3.92. The average molecular weight is 178 g/mol. The number of ether oxygens (including phenoxy) is 1. The first kappa shape index (κ1) is 9.88. The monoisotopic (exact) mass is 178 g/mol. The lowest BCUT2D eigenvalue weighted by atomic mass is 9.99. The standard InChI is InChI=1S/C7H14O5/c8-2-6-4(10)1-5(11)7(3-9)12-6/h4-11H,1-3H2/t4-,5?,6-,7+/m1/s1. The smallest absolute Gasteiger partial charge is 0.107 e. The Morgan fingerprint density at radius 2 is 1.42 bits per heavy atom. The fourth-order valence-corrected chi connectivity index (χ4v) is 1.29. The van der Waals surface area contributed by atoms with Crippen LogP contribution in [-0.4, -0.2) is 58.1 Å². The van der Waals surface area contributed by atoms with E-state index in [2.05, 4.69) is 0 Å². The molecule has 0 aromatic rings. The minimum absolute atomic E-state index is 0.135. The molecular weight excluding hydrogens is 164 g/mol. The van der Waals surface area contributed by atoms with Gasteiger partial charge >= 0.3 is 0 Å². The highest BCUT2D eigenvalue weighted by molar-refractivity contribution is 4.83. The first-order chi connectivity index (χ1) is 5.69. The van der Waals surface area contributed by atoms with Crippen LogP contribution < -0.4 is 0 Å². The Morgan fingerprint density at radius 3 is 1.75 bits per heavy atom. The van der Waals surface area contributed by atoms with Gasteiger partial charge in [0.15, 0.2) is 0 Å². The Kier molecular flexibility index (Phi) is 3.42. The normalized spacial score (nSPS) is 43.0. The van der Waals surface area contributed by atoms with E-state index in [1.807, 2.05) is 0 Å². The molecule has 1 rings (SSSR count). The van der Waals surface area contributed by atoms with Gasteiger partial charge in [-0.25, -0.2) is 0 Å². The van der Waals surface area contributed by atoms with Gasteiger partial charge in [0.1, 0.15) is 12.2 Å². The van der Waals surface area contributed by atoms with Gasteiger partial charge in [-0.15, -0.1) is 0 Å². The van der Waals surface area contributed by atoms with Crippen LogP contribution in [0.3, 0.4) is 0 Å². The molecule has 72 valence electrons. The second kappa shape index (κ2) is 4.15. The highest BCUT2D eigenvalue weighted by Gasteiger charge is 2.35. The molecule has 1 aliphatic rings. The number of hydrogen-bond acceptors (Lipinski definition) is 5. The average Bonchev–Trinajstić information content (AvgIpc) is 2.05. The third-order valence-electron chi connectivity index (χ3n) is 2.05. The maximum atomic E-state index is 9.23. The Labute approximate surface area is 70.2 Å². The lowest BCUT2D eigenvalue weighted by Gasteiger charge is -2.35. The topological polar surface area (TPSA) is 90.2 Å². The summed E-state index contributed by atoms with van der Waals surface area (Å²) in [7, 11) is 0. The molecule has 0 saturated carbocycles. The Hall–Kier alpha value is -0.200. The van der Waals surface area contributed by atoms with Crippen LogP contribution in [0.15, 0.2) is 0 Å². The summed E-state index contributed by atoms with van der Waals surface area (Å²) in [5.74, 6) is 0. The van der Waals surface area contributed by atoms with Crippen molar-refractivity contribution in [3.05, 3.63) is 0 Å². The molecule has 5 heteroatoms. The molecule has 0 aromatic carbocycles. The van der Waals surface area contributed by atoms with Gasteiger partial charge < -0.3 is 25.2 Å². The van der Waals surface area contributed by atoms with Crippen LogP contribution in [0, 0.1) is 0 Å². The van der Waals surface area contributed by atoms with Crippen LogP contribution in [0.25, 0.3) is 0 Å². The molecule has 1 unspecified atom stereocenters. The van der Waals surface area contributed by atoms with Gasteiger partial charge in [-0.05, 0) is 0 Å². The number of aliphatic hydroxyl groups excluding tert-OH is 4. The summed E-state index contributed by atoms with van der Waals surface area (Å²) in [6, 6.07) is 0. The summed E-state index contributed by atoms with van der Waals surface area (Å²) in [4.78, 5) is 0. The molecule has 0 spiro atoms.